The maximum absolute atomic E-state index is 12.9. The van der Waals surface area contributed by atoms with Crippen LogP contribution in [0.1, 0.15) is 65.2 Å². The first-order valence-electron chi connectivity index (χ1n) is 10.5. The van der Waals surface area contributed by atoms with Crippen molar-refractivity contribution in [2.75, 3.05) is 27.3 Å². The van der Waals surface area contributed by atoms with E-state index in [0.29, 0.717) is 12.8 Å². The molecular weight excluding hydrogens is 408 g/mol. The summed E-state index contributed by atoms with van der Waals surface area (Å²) in [6.07, 6.45) is 1.46. The van der Waals surface area contributed by atoms with Crippen LogP contribution in [0.15, 0.2) is 0 Å². The van der Waals surface area contributed by atoms with Crippen LogP contribution in [0.2, 0.25) is 0 Å². The fourth-order valence-corrected chi connectivity index (χ4v) is 2.97. The zero-order valence-corrected chi connectivity index (χ0v) is 19.0. The third-order valence-corrected chi connectivity index (χ3v) is 4.57. The van der Waals surface area contributed by atoms with Crippen LogP contribution >= 0.6 is 0 Å². The molecular formula is C21H36N2O8. The monoisotopic (exact) mass is 444 g/mol. The van der Waals surface area contributed by atoms with Crippen molar-refractivity contribution in [2.24, 2.45) is 5.92 Å². The summed E-state index contributed by atoms with van der Waals surface area (Å²) in [5.74, 6) is -2.34. The van der Waals surface area contributed by atoms with Crippen LogP contribution < -0.4 is 5.32 Å². The molecule has 0 bridgehead atoms. The maximum Gasteiger partial charge on any atom is 0.305 e. The molecule has 0 aliphatic heterocycles. The second kappa shape index (κ2) is 16.1. The summed E-state index contributed by atoms with van der Waals surface area (Å²) < 4.78 is 9.14. The Bertz CT molecular complexity index is 606. The van der Waals surface area contributed by atoms with Crippen molar-refractivity contribution < 1.29 is 38.6 Å². The van der Waals surface area contributed by atoms with Gasteiger partial charge in [-0.15, -0.1) is 0 Å². The zero-order chi connectivity index (χ0) is 23.8. The van der Waals surface area contributed by atoms with E-state index in [4.69, 9.17) is 5.11 Å². The van der Waals surface area contributed by atoms with Gasteiger partial charge in [0.15, 0.2) is 0 Å². The Morgan fingerprint density at radius 2 is 1.45 bits per heavy atom. The van der Waals surface area contributed by atoms with E-state index < -0.39 is 18.0 Å². The normalized spacial score (nSPS) is 11.5. The van der Waals surface area contributed by atoms with Gasteiger partial charge < -0.3 is 24.8 Å². The van der Waals surface area contributed by atoms with Gasteiger partial charge in [0, 0.05) is 38.8 Å². The first kappa shape index (κ1) is 28.4. The predicted molar refractivity (Wildman–Crippen MR) is 112 cm³/mol. The lowest BCUT2D eigenvalue weighted by Crippen LogP contribution is -2.50. The second-order valence-corrected chi connectivity index (χ2v) is 7.63. The molecule has 0 rings (SSSR count). The van der Waals surface area contributed by atoms with Crippen molar-refractivity contribution in [1.29, 1.82) is 0 Å². The van der Waals surface area contributed by atoms with Crippen LogP contribution in [0, 0.1) is 5.92 Å². The van der Waals surface area contributed by atoms with Crippen LogP contribution in [0.3, 0.4) is 0 Å². The topological polar surface area (TPSA) is 139 Å². The molecule has 0 saturated carbocycles. The lowest BCUT2D eigenvalue weighted by Gasteiger charge is -2.32. The number of hydrogen-bond acceptors (Lipinski definition) is 7. The van der Waals surface area contributed by atoms with Crippen molar-refractivity contribution >= 4 is 29.7 Å². The Hall–Kier alpha value is -2.65. The molecule has 2 amide bonds. The van der Waals surface area contributed by atoms with Crippen molar-refractivity contribution in [3.8, 4) is 0 Å². The van der Waals surface area contributed by atoms with Crippen LogP contribution in [0.4, 0.5) is 0 Å². The summed E-state index contributed by atoms with van der Waals surface area (Å²) in [7, 11) is 2.56. The minimum atomic E-state index is -0.981. The van der Waals surface area contributed by atoms with E-state index >= 15 is 0 Å². The molecule has 178 valence electrons. The van der Waals surface area contributed by atoms with Crippen molar-refractivity contribution in [1.82, 2.24) is 10.2 Å². The lowest BCUT2D eigenvalue weighted by molar-refractivity contribution is -0.143. The summed E-state index contributed by atoms with van der Waals surface area (Å²) in [4.78, 5) is 60.5. The highest BCUT2D eigenvalue weighted by molar-refractivity contribution is 5.88. The molecule has 0 aromatic rings. The molecule has 10 heteroatoms. The molecule has 2 N–H and O–H groups in total. The van der Waals surface area contributed by atoms with Crippen molar-refractivity contribution in [3.63, 3.8) is 0 Å². The molecule has 0 heterocycles. The fourth-order valence-electron chi connectivity index (χ4n) is 2.97. The van der Waals surface area contributed by atoms with Crippen LogP contribution in [-0.4, -0.2) is 73.1 Å². The van der Waals surface area contributed by atoms with Gasteiger partial charge in [-0.3, -0.25) is 24.0 Å². The number of carbonyl (C=O) groups is 5. The average molecular weight is 445 g/mol. The van der Waals surface area contributed by atoms with Gasteiger partial charge in [0.05, 0.1) is 14.2 Å². The third-order valence-electron chi connectivity index (χ3n) is 4.57. The summed E-state index contributed by atoms with van der Waals surface area (Å²) in [5.41, 5.74) is 0. The molecule has 0 radical (unpaired) electrons. The number of carboxylic acids is 1. The van der Waals surface area contributed by atoms with E-state index in [-0.39, 0.29) is 75.3 Å². The van der Waals surface area contributed by atoms with Gasteiger partial charge in [0.25, 0.3) is 0 Å². The second-order valence-electron chi connectivity index (χ2n) is 7.63. The van der Waals surface area contributed by atoms with Crippen molar-refractivity contribution in [3.05, 3.63) is 0 Å². The number of amides is 2. The highest BCUT2D eigenvalue weighted by Gasteiger charge is 2.30. The Morgan fingerprint density at radius 1 is 0.871 bits per heavy atom. The lowest BCUT2D eigenvalue weighted by atomic mass is 10.00. The van der Waals surface area contributed by atoms with Crippen LogP contribution in [0.5, 0.6) is 0 Å². The molecule has 0 aromatic heterocycles. The number of hydrogen-bond donors (Lipinski definition) is 2. The smallest absolute Gasteiger partial charge is 0.305 e. The number of nitrogens with zero attached hydrogens (tertiary/aromatic N) is 1. The SMILES string of the molecule is COC(=O)CCCNC(=O)C(CC(C)C)N(CCCC(=O)O)C(=O)CCCC(=O)OC. The molecule has 1 atom stereocenters. The van der Waals surface area contributed by atoms with E-state index in [2.05, 4.69) is 14.8 Å². The summed E-state index contributed by atoms with van der Waals surface area (Å²) in [6.45, 7) is 4.22. The van der Waals surface area contributed by atoms with E-state index in [1.54, 1.807) is 0 Å². The summed E-state index contributed by atoms with van der Waals surface area (Å²) >= 11 is 0. The van der Waals surface area contributed by atoms with E-state index in [1.165, 1.54) is 19.1 Å². The first-order chi connectivity index (χ1) is 14.6. The van der Waals surface area contributed by atoms with Crippen LogP contribution in [0.25, 0.3) is 0 Å². The number of carbonyl (C=O) groups excluding carboxylic acids is 4. The molecule has 0 aliphatic carbocycles. The number of nitrogens with one attached hydrogen (secondary N) is 1. The molecule has 0 aliphatic rings. The van der Waals surface area contributed by atoms with E-state index in [9.17, 15) is 24.0 Å². The highest BCUT2D eigenvalue weighted by Crippen LogP contribution is 2.16. The predicted octanol–water partition coefficient (Wildman–Crippen LogP) is 1.51. The number of esters is 2. The van der Waals surface area contributed by atoms with Crippen molar-refractivity contribution in [2.45, 2.75) is 71.3 Å². The number of carboxylic acid groups (broad SMARTS) is 1. The number of rotatable bonds is 16. The maximum atomic E-state index is 12.9. The van der Waals surface area contributed by atoms with Gasteiger partial charge >= 0.3 is 17.9 Å². The standard InChI is InChI=1S/C21H36N2O8/c1-15(2)14-16(21(29)22-12-6-11-20(28)31-4)23(13-7-9-18(25)26)17(24)8-5-10-19(27)30-3/h15-16H,5-14H2,1-4H3,(H,22,29)(H,25,26). The van der Waals surface area contributed by atoms with Gasteiger partial charge in [0.2, 0.25) is 11.8 Å². The largest absolute Gasteiger partial charge is 0.481 e. The highest BCUT2D eigenvalue weighted by atomic mass is 16.5. The zero-order valence-electron chi connectivity index (χ0n) is 19.0. The van der Waals surface area contributed by atoms with E-state index in [0.717, 1.165) is 0 Å². The molecule has 31 heavy (non-hydrogen) atoms. The van der Waals surface area contributed by atoms with Crippen LogP contribution in [-0.2, 0) is 33.4 Å². The Labute approximate surface area is 183 Å². The Balaban J connectivity index is 5.20. The molecule has 10 nitrogen and oxygen atoms in total. The molecule has 1 unspecified atom stereocenters. The summed E-state index contributed by atoms with van der Waals surface area (Å²) in [6, 6.07) is -0.766. The summed E-state index contributed by atoms with van der Waals surface area (Å²) in [5, 5.41) is 11.7. The minimum Gasteiger partial charge on any atom is -0.481 e. The number of aliphatic carboxylic acids is 1. The molecule has 0 aromatic carbocycles. The number of ether oxygens (including phenoxy) is 2. The number of methoxy groups -OCH3 is 2. The first-order valence-corrected chi connectivity index (χ1v) is 10.5. The van der Waals surface area contributed by atoms with Gasteiger partial charge in [-0.1, -0.05) is 13.8 Å². The minimum absolute atomic E-state index is 0.0480. The Kier molecular flexibility index (Phi) is 14.7. The van der Waals surface area contributed by atoms with Gasteiger partial charge in [-0.05, 0) is 31.6 Å². The quantitative estimate of drug-likeness (QED) is 0.270. The van der Waals surface area contributed by atoms with Gasteiger partial charge in [-0.25, -0.2) is 0 Å². The van der Waals surface area contributed by atoms with Gasteiger partial charge in [0.1, 0.15) is 6.04 Å². The molecule has 0 saturated heterocycles. The van der Waals surface area contributed by atoms with E-state index in [1.807, 2.05) is 13.8 Å². The Morgan fingerprint density at radius 3 is 1.97 bits per heavy atom. The molecule has 0 spiro atoms. The van der Waals surface area contributed by atoms with Gasteiger partial charge in [-0.2, -0.15) is 0 Å². The third kappa shape index (κ3) is 13.3. The fraction of sp³-hybridized carbons (Fsp3) is 0.762. The molecule has 0 fully saturated rings. The average Bonchev–Trinajstić information content (AvgIpc) is 2.71.